The van der Waals surface area contributed by atoms with Gasteiger partial charge < -0.3 is 5.32 Å². The van der Waals surface area contributed by atoms with E-state index >= 15 is 0 Å². The summed E-state index contributed by atoms with van der Waals surface area (Å²) in [6.07, 6.45) is 3.11. The minimum Gasteiger partial charge on any atom is -0.385 e. The lowest BCUT2D eigenvalue weighted by Gasteiger charge is -1.96. The number of allylic oxidation sites excluding steroid dienone is 1. The van der Waals surface area contributed by atoms with E-state index in [9.17, 15) is 9.59 Å². The molecule has 0 spiro atoms. The molecule has 3 nitrogen and oxygen atoms in total. The fourth-order valence-corrected chi connectivity index (χ4v) is 2.09. The van der Waals surface area contributed by atoms with Gasteiger partial charge in [0, 0.05) is 11.5 Å². The maximum absolute atomic E-state index is 12.2. The molecule has 2 aromatic carbocycles. The van der Waals surface area contributed by atoms with E-state index in [0.717, 1.165) is 10.0 Å². The fourth-order valence-electron chi connectivity index (χ4n) is 1.83. The summed E-state index contributed by atoms with van der Waals surface area (Å²) < 4.78 is 0.974. The summed E-state index contributed by atoms with van der Waals surface area (Å²) in [6, 6.07) is 14.2. The van der Waals surface area contributed by atoms with Gasteiger partial charge in [0.15, 0.2) is 5.78 Å². The van der Waals surface area contributed by atoms with Crippen molar-refractivity contribution in [2.24, 2.45) is 0 Å². The lowest BCUT2D eigenvalue weighted by Crippen LogP contribution is -2.14. The molecule has 0 unspecified atom stereocenters. The molecular formula is C17H14BrNO2. The van der Waals surface area contributed by atoms with Crippen LogP contribution in [0.2, 0.25) is 0 Å². The quantitative estimate of drug-likeness (QED) is 0.679. The van der Waals surface area contributed by atoms with Gasteiger partial charge in [0.2, 0.25) is 5.43 Å². The van der Waals surface area contributed by atoms with Gasteiger partial charge in [0.1, 0.15) is 0 Å². The topological polar surface area (TPSA) is 46.2 Å². The second-order valence-electron chi connectivity index (χ2n) is 4.37. The highest BCUT2D eigenvalue weighted by atomic mass is 79.9. The van der Waals surface area contributed by atoms with Crippen LogP contribution < -0.4 is 10.7 Å². The monoisotopic (exact) mass is 343 g/mol. The molecule has 0 saturated heterocycles. The molecule has 21 heavy (non-hydrogen) atoms. The van der Waals surface area contributed by atoms with Crippen molar-refractivity contribution < 1.29 is 4.79 Å². The van der Waals surface area contributed by atoms with Crippen LogP contribution in [0.25, 0.3) is 6.08 Å². The van der Waals surface area contributed by atoms with Gasteiger partial charge in [-0.3, -0.25) is 9.59 Å². The average Bonchev–Trinajstić information content (AvgIpc) is 2.68. The van der Waals surface area contributed by atoms with Crippen molar-refractivity contribution in [3.05, 3.63) is 80.4 Å². The summed E-state index contributed by atoms with van der Waals surface area (Å²) in [5.74, 6) is -0.310. The van der Waals surface area contributed by atoms with Gasteiger partial charge in [-0.15, -0.1) is 0 Å². The van der Waals surface area contributed by atoms with Crippen LogP contribution in [0.3, 0.4) is 0 Å². The molecule has 106 valence electrons. The van der Waals surface area contributed by atoms with Crippen LogP contribution in [0.1, 0.15) is 15.9 Å². The molecule has 0 fully saturated rings. The molecule has 0 aliphatic carbocycles. The predicted molar refractivity (Wildman–Crippen MR) is 89.8 cm³/mol. The molecule has 0 atom stereocenters. The molecule has 0 aliphatic rings. The van der Waals surface area contributed by atoms with Gasteiger partial charge in [-0.2, -0.15) is 0 Å². The minimum absolute atomic E-state index is 0.151. The van der Waals surface area contributed by atoms with E-state index < -0.39 is 0 Å². The molecule has 0 amide bonds. The number of halogens is 1. The Bertz CT molecular complexity index is 736. The molecular weight excluding hydrogens is 330 g/mol. The van der Waals surface area contributed by atoms with Crippen LogP contribution >= 0.6 is 15.9 Å². The Balaban J connectivity index is 2.31. The zero-order valence-electron chi connectivity index (χ0n) is 11.5. The minimum atomic E-state index is -0.310. The van der Waals surface area contributed by atoms with Gasteiger partial charge in [0.25, 0.3) is 0 Å². The third-order valence-electron chi connectivity index (χ3n) is 2.96. The summed E-state index contributed by atoms with van der Waals surface area (Å²) in [5, 5.41) is 2.80. The van der Waals surface area contributed by atoms with E-state index in [2.05, 4.69) is 21.2 Å². The Labute approximate surface area is 131 Å². The number of hydrogen-bond donors (Lipinski definition) is 1. The van der Waals surface area contributed by atoms with Crippen molar-refractivity contribution in [2.45, 2.75) is 0 Å². The fraction of sp³-hybridized carbons (Fsp3) is 0.0588. The third-order valence-corrected chi connectivity index (χ3v) is 3.49. The van der Waals surface area contributed by atoms with Crippen molar-refractivity contribution in [2.75, 3.05) is 12.4 Å². The zero-order valence-corrected chi connectivity index (χ0v) is 13.1. The first-order valence-electron chi connectivity index (χ1n) is 6.41. The highest BCUT2D eigenvalue weighted by Crippen LogP contribution is 2.12. The average molecular weight is 344 g/mol. The molecule has 1 N–H and O–H groups in total. The van der Waals surface area contributed by atoms with E-state index in [1.165, 1.54) is 12.1 Å². The second-order valence-corrected chi connectivity index (χ2v) is 5.29. The van der Waals surface area contributed by atoms with Crippen LogP contribution in [0, 0.1) is 0 Å². The van der Waals surface area contributed by atoms with E-state index in [4.69, 9.17) is 0 Å². The van der Waals surface area contributed by atoms with Gasteiger partial charge in [-0.05, 0) is 35.9 Å². The molecule has 0 saturated carbocycles. The van der Waals surface area contributed by atoms with Crippen LogP contribution in [0.5, 0.6) is 0 Å². The van der Waals surface area contributed by atoms with E-state index in [0.29, 0.717) is 5.69 Å². The van der Waals surface area contributed by atoms with Gasteiger partial charge in [-0.25, -0.2) is 0 Å². The molecule has 4 heteroatoms. The van der Waals surface area contributed by atoms with Crippen molar-refractivity contribution in [3.8, 4) is 0 Å². The van der Waals surface area contributed by atoms with Crippen molar-refractivity contribution in [1.29, 1.82) is 0 Å². The number of hydrogen-bond acceptors (Lipinski definition) is 3. The van der Waals surface area contributed by atoms with Crippen LogP contribution in [-0.4, -0.2) is 12.8 Å². The zero-order chi connectivity index (χ0) is 15.2. The number of nitrogens with one attached hydrogen (secondary N) is 1. The highest BCUT2D eigenvalue weighted by Gasteiger charge is 2.08. The number of ketones is 1. The van der Waals surface area contributed by atoms with Crippen molar-refractivity contribution >= 4 is 33.5 Å². The standard InChI is InChI=1S/C17H14BrNO2/c1-19-15-5-3-2-4-14(17(15)21)16(20)11-8-12-6-9-13(18)10-7-12/h2-11H,1H3,(H,19,21)/b11-8+. The van der Waals surface area contributed by atoms with E-state index in [1.54, 1.807) is 31.3 Å². The van der Waals surface area contributed by atoms with Crippen molar-refractivity contribution in [1.82, 2.24) is 0 Å². The van der Waals surface area contributed by atoms with E-state index in [1.807, 2.05) is 24.3 Å². The first-order chi connectivity index (χ1) is 10.1. The number of rotatable bonds is 4. The summed E-state index contributed by atoms with van der Waals surface area (Å²) in [5.41, 5.74) is 1.15. The molecule has 0 aliphatic heterocycles. The lowest BCUT2D eigenvalue weighted by atomic mass is 10.1. The summed E-state index contributed by atoms with van der Waals surface area (Å²) >= 11 is 3.35. The van der Waals surface area contributed by atoms with Crippen LogP contribution in [0.15, 0.2) is 63.9 Å². The number of carbonyl (C=O) groups excluding carboxylic acids is 1. The Kier molecular flexibility index (Phi) is 5.06. The second kappa shape index (κ2) is 6.99. The summed E-state index contributed by atoms with van der Waals surface area (Å²) in [4.78, 5) is 24.4. The summed E-state index contributed by atoms with van der Waals surface area (Å²) in [7, 11) is 1.66. The Morgan fingerprint density at radius 2 is 1.76 bits per heavy atom. The smallest absolute Gasteiger partial charge is 0.212 e. The molecule has 0 heterocycles. The van der Waals surface area contributed by atoms with Crippen LogP contribution in [0.4, 0.5) is 5.69 Å². The largest absolute Gasteiger partial charge is 0.385 e. The first-order valence-corrected chi connectivity index (χ1v) is 7.20. The molecule has 0 aromatic heterocycles. The Morgan fingerprint density at radius 1 is 1.10 bits per heavy atom. The first kappa shape index (κ1) is 15.2. The molecule has 0 radical (unpaired) electrons. The third kappa shape index (κ3) is 3.89. The number of anilines is 1. The SMILES string of the molecule is CNc1ccccc(C(=O)/C=C/c2ccc(Br)cc2)c1=O. The normalized spacial score (nSPS) is 10.6. The summed E-state index contributed by atoms with van der Waals surface area (Å²) in [6.45, 7) is 0. The Hall–Kier alpha value is -2.20. The van der Waals surface area contributed by atoms with Gasteiger partial charge in [0.05, 0.1) is 11.3 Å². The predicted octanol–water partition coefficient (Wildman–Crippen LogP) is 3.75. The number of carbonyl (C=O) groups is 1. The maximum Gasteiger partial charge on any atom is 0.212 e. The van der Waals surface area contributed by atoms with Crippen molar-refractivity contribution in [3.63, 3.8) is 0 Å². The lowest BCUT2D eigenvalue weighted by molar-refractivity contribution is 0.104. The highest BCUT2D eigenvalue weighted by molar-refractivity contribution is 9.10. The molecule has 2 rings (SSSR count). The number of benzene rings is 1. The molecule has 0 bridgehead atoms. The maximum atomic E-state index is 12.2. The Morgan fingerprint density at radius 3 is 2.43 bits per heavy atom. The molecule has 2 aromatic rings. The van der Waals surface area contributed by atoms with Gasteiger partial charge >= 0.3 is 0 Å². The van der Waals surface area contributed by atoms with E-state index in [-0.39, 0.29) is 16.8 Å². The van der Waals surface area contributed by atoms with Crippen LogP contribution in [-0.2, 0) is 0 Å². The van der Waals surface area contributed by atoms with Gasteiger partial charge in [-0.1, -0.05) is 46.3 Å².